The molecule has 3 aromatic carbocycles. The van der Waals surface area contributed by atoms with Crippen LogP contribution in [0, 0.1) is 17.5 Å². The molecule has 0 saturated carbocycles. The van der Waals surface area contributed by atoms with Crippen LogP contribution in [-0.2, 0) is 38.3 Å². The molecule has 7 heteroatoms. The van der Waals surface area contributed by atoms with Gasteiger partial charge in [-0.1, -0.05) is 49.7 Å². The van der Waals surface area contributed by atoms with Crippen LogP contribution in [0.25, 0.3) is 10.8 Å². The van der Waals surface area contributed by atoms with E-state index in [1.54, 1.807) is 18.2 Å². The fourth-order valence-corrected chi connectivity index (χ4v) is 4.37. The van der Waals surface area contributed by atoms with Crippen LogP contribution in [0.1, 0.15) is 46.9 Å². The lowest BCUT2D eigenvalue weighted by Gasteiger charge is -2.12. The number of benzene rings is 3. The number of halogens is 6. The van der Waals surface area contributed by atoms with E-state index in [1.807, 2.05) is 24.4 Å². The van der Waals surface area contributed by atoms with Crippen LogP contribution < -0.4 is 0 Å². The Kier molecular flexibility index (Phi) is 7.67. The Hall–Kier alpha value is -3.35. The second kappa shape index (κ2) is 10.7. The third-order valence-electron chi connectivity index (χ3n) is 6.26. The zero-order valence-electron chi connectivity index (χ0n) is 19.7. The highest BCUT2D eigenvalue weighted by Crippen LogP contribution is 2.34. The van der Waals surface area contributed by atoms with Crippen molar-refractivity contribution in [1.82, 2.24) is 4.98 Å². The molecule has 36 heavy (non-hydrogen) atoms. The lowest BCUT2D eigenvalue weighted by molar-refractivity contribution is -0.142. The molecular formula is C29H25F6N. The van der Waals surface area contributed by atoms with Crippen LogP contribution in [-0.4, -0.2) is 4.98 Å². The number of hydrogen-bond acceptors (Lipinski definition) is 1. The van der Waals surface area contributed by atoms with Gasteiger partial charge in [0.25, 0.3) is 0 Å². The molecule has 1 nitrogen and oxygen atoms in total. The van der Waals surface area contributed by atoms with E-state index in [-0.39, 0.29) is 18.4 Å². The Morgan fingerprint density at radius 3 is 2.03 bits per heavy atom. The summed E-state index contributed by atoms with van der Waals surface area (Å²) < 4.78 is 81.1. The van der Waals surface area contributed by atoms with Crippen molar-refractivity contribution in [2.75, 3.05) is 0 Å². The van der Waals surface area contributed by atoms with Crippen LogP contribution in [0.5, 0.6) is 0 Å². The van der Waals surface area contributed by atoms with Crippen LogP contribution in [0.3, 0.4) is 0 Å². The van der Waals surface area contributed by atoms with Crippen molar-refractivity contribution in [3.05, 3.63) is 112 Å². The average molecular weight is 502 g/mol. The molecule has 0 aliphatic rings. The highest BCUT2D eigenvalue weighted by Gasteiger charge is 2.37. The lowest BCUT2D eigenvalue weighted by atomic mass is 9.97. The number of rotatable bonds is 8. The van der Waals surface area contributed by atoms with Gasteiger partial charge in [0.05, 0.1) is 0 Å². The summed E-state index contributed by atoms with van der Waals surface area (Å²) >= 11 is 0. The van der Waals surface area contributed by atoms with Crippen molar-refractivity contribution in [3.8, 4) is 0 Å². The van der Waals surface area contributed by atoms with Gasteiger partial charge in [0.1, 0.15) is 23.0 Å². The molecule has 1 aromatic heterocycles. The zero-order chi connectivity index (χ0) is 25.9. The summed E-state index contributed by atoms with van der Waals surface area (Å²) in [5, 5.41) is 1.15. The van der Waals surface area contributed by atoms with Gasteiger partial charge in [0.15, 0.2) is 0 Å². The summed E-state index contributed by atoms with van der Waals surface area (Å²) in [6.45, 7) is 2.13. The van der Waals surface area contributed by atoms with E-state index in [0.29, 0.717) is 23.1 Å². The summed E-state index contributed by atoms with van der Waals surface area (Å²) in [5.41, 5.74) is 1.70. The second-order valence-electron chi connectivity index (χ2n) is 8.93. The van der Waals surface area contributed by atoms with Crippen molar-refractivity contribution in [3.63, 3.8) is 0 Å². The number of pyridine rings is 1. The van der Waals surface area contributed by atoms with Gasteiger partial charge in [-0.15, -0.1) is 0 Å². The van der Waals surface area contributed by atoms with Gasteiger partial charge in [-0.2, -0.15) is 13.2 Å². The molecule has 0 bridgehead atoms. The second-order valence-corrected chi connectivity index (χ2v) is 8.93. The number of alkyl halides is 3. The summed E-state index contributed by atoms with van der Waals surface area (Å²) in [6.07, 6.45) is 0.467. The van der Waals surface area contributed by atoms with E-state index in [4.69, 9.17) is 0 Å². The summed E-state index contributed by atoms with van der Waals surface area (Å²) in [6, 6.07) is 14.3. The maximum absolute atomic E-state index is 15.1. The molecule has 0 saturated heterocycles. The predicted molar refractivity (Wildman–Crippen MR) is 128 cm³/mol. The number of fused-ring (bicyclic) bond motifs is 1. The van der Waals surface area contributed by atoms with E-state index >= 15 is 4.39 Å². The molecule has 4 aromatic rings. The van der Waals surface area contributed by atoms with E-state index in [2.05, 4.69) is 18.0 Å². The molecule has 1 heterocycles. The SMILES string of the molecule is CCCc1ccc(CCc2ccc3c(F)c(CCc4cc(F)c(C(F)(F)F)c(F)c4)ccc3c2)nc1. The quantitative estimate of drug-likeness (QED) is 0.222. The first kappa shape index (κ1) is 25.7. The van der Waals surface area contributed by atoms with E-state index < -0.39 is 29.2 Å². The first-order valence-electron chi connectivity index (χ1n) is 11.8. The molecule has 0 aliphatic heterocycles. The monoisotopic (exact) mass is 501 g/mol. The van der Waals surface area contributed by atoms with Gasteiger partial charge in [-0.25, -0.2) is 13.2 Å². The highest BCUT2D eigenvalue weighted by molar-refractivity contribution is 5.84. The fraction of sp³-hybridized carbons (Fsp3) is 0.276. The fourth-order valence-electron chi connectivity index (χ4n) is 4.37. The standard InChI is InChI=1S/C29H25F6N/c1-2-3-19-6-12-23(36-17-19)11-5-18-7-13-24-22(14-18)10-9-21(28(24)32)8-4-20-15-25(30)27(26(31)16-20)29(33,34)35/h6-7,9-10,12-17H,2-5,8,11H2,1H3. The number of nitrogens with zero attached hydrogens (tertiary/aromatic N) is 1. The summed E-state index contributed by atoms with van der Waals surface area (Å²) in [4.78, 5) is 4.51. The lowest BCUT2D eigenvalue weighted by Crippen LogP contribution is -2.12. The normalized spacial score (nSPS) is 11.9. The largest absolute Gasteiger partial charge is 0.422 e. The minimum Gasteiger partial charge on any atom is -0.261 e. The van der Waals surface area contributed by atoms with E-state index in [1.165, 1.54) is 5.56 Å². The Morgan fingerprint density at radius 1 is 0.694 bits per heavy atom. The first-order valence-corrected chi connectivity index (χ1v) is 11.8. The molecule has 4 rings (SSSR count). The van der Waals surface area contributed by atoms with E-state index in [0.717, 1.165) is 42.3 Å². The molecule has 0 atom stereocenters. The number of hydrogen-bond donors (Lipinski definition) is 0. The Balaban J connectivity index is 1.45. The molecule has 0 spiro atoms. The van der Waals surface area contributed by atoms with Crippen molar-refractivity contribution >= 4 is 10.8 Å². The van der Waals surface area contributed by atoms with Crippen molar-refractivity contribution in [2.24, 2.45) is 0 Å². The molecule has 188 valence electrons. The Bertz CT molecular complexity index is 1340. The van der Waals surface area contributed by atoms with Crippen molar-refractivity contribution in [2.45, 2.75) is 51.6 Å². The van der Waals surface area contributed by atoms with Crippen molar-refractivity contribution in [1.29, 1.82) is 0 Å². The summed E-state index contributed by atoms with van der Waals surface area (Å²) in [7, 11) is 0. The predicted octanol–water partition coefficient (Wildman–Crippen LogP) is 8.19. The third-order valence-corrected chi connectivity index (χ3v) is 6.26. The highest BCUT2D eigenvalue weighted by atomic mass is 19.4. The van der Waals surface area contributed by atoms with E-state index in [9.17, 15) is 22.0 Å². The topological polar surface area (TPSA) is 12.9 Å². The Morgan fingerprint density at radius 2 is 1.39 bits per heavy atom. The number of aromatic nitrogens is 1. The molecule has 0 N–H and O–H groups in total. The van der Waals surface area contributed by atoms with Crippen molar-refractivity contribution < 1.29 is 26.3 Å². The third kappa shape index (κ3) is 5.89. The first-order chi connectivity index (χ1) is 17.2. The maximum Gasteiger partial charge on any atom is 0.422 e. The average Bonchev–Trinajstić information content (AvgIpc) is 2.82. The van der Waals surface area contributed by atoms with Crippen LogP contribution in [0.2, 0.25) is 0 Å². The van der Waals surface area contributed by atoms with Crippen LogP contribution in [0.15, 0.2) is 60.8 Å². The molecule has 0 fully saturated rings. The van der Waals surface area contributed by atoms with Gasteiger partial charge in [-0.05, 0) is 77.9 Å². The molecule has 0 amide bonds. The smallest absolute Gasteiger partial charge is 0.261 e. The molecule has 0 radical (unpaired) electrons. The van der Waals surface area contributed by atoms with Gasteiger partial charge >= 0.3 is 6.18 Å². The van der Waals surface area contributed by atoms with Crippen LogP contribution in [0.4, 0.5) is 26.3 Å². The van der Waals surface area contributed by atoms with Gasteiger partial charge in [0, 0.05) is 17.3 Å². The van der Waals surface area contributed by atoms with Crippen LogP contribution >= 0.6 is 0 Å². The zero-order valence-corrected chi connectivity index (χ0v) is 19.7. The summed E-state index contributed by atoms with van der Waals surface area (Å²) in [5.74, 6) is -3.78. The number of aryl methyl sites for hydroxylation is 5. The van der Waals surface area contributed by atoms with Gasteiger partial charge < -0.3 is 0 Å². The molecule has 0 unspecified atom stereocenters. The molecule has 0 aliphatic carbocycles. The maximum atomic E-state index is 15.1. The molecular weight excluding hydrogens is 476 g/mol. The minimum absolute atomic E-state index is 0.00344. The van der Waals surface area contributed by atoms with Gasteiger partial charge in [0.2, 0.25) is 0 Å². The minimum atomic E-state index is -5.12. The van der Waals surface area contributed by atoms with Gasteiger partial charge in [-0.3, -0.25) is 4.98 Å². The Labute approximate surface area is 205 Å².